The molecule has 5 heteroatoms. The fourth-order valence-electron chi connectivity index (χ4n) is 3.71. The average molecular weight is 319 g/mol. The van der Waals surface area contributed by atoms with Crippen LogP contribution in [-0.2, 0) is 0 Å². The Morgan fingerprint density at radius 3 is 2.77 bits per heavy atom. The molecule has 0 radical (unpaired) electrons. The Hall–Kier alpha value is -1.31. The first-order chi connectivity index (χ1) is 10.8. The molecule has 1 N–H and O–H groups in total. The first-order valence-electron chi connectivity index (χ1n) is 8.33. The SMILES string of the molecule is N#Cc1nc(NC2CCCN(C3CCCCC3)C2)ccc1Cl. The van der Waals surface area contributed by atoms with Gasteiger partial charge in [-0.05, 0) is 44.4 Å². The highest BCUT2D eigenvalue weighted by molar-refractivity contribution is 6.31. The Kier molecular flexibility index (Phi) is 5.17. The number of pyridine rings is 1. The number of piperidine rings is 1. The van der Waals surface area contributed by atoms with Gasteiger partial charge in [0, 0.05) is 18.6 Å². The molecule has 2 heterocycles. The van der Waals surface area contributed by atoms with Gasteiger partial charge in [0.15, 0.2) is 5.69 Å². The summed E-state index contributed by atoms with van der Waals surface area (Å²) in [6.07, 6.45) is 9.25. The largest absolute Gasteiger partial charge is 0.366 e. The van der Waals surface area contributed by atoms with Gasteiger partial charge in [-0.1, -0.05) is 30.9 Å². The third-order valence-corrected chi connectivity index (χ3v) is 5.15. The molecule has 0 spiro atoms. The van der Waals surface area contributed by atoms with Crippen LogP contribution in [-0.4, -0.2) is 35.1 Å². The van der Waals surface area contributed by atoms with Gasteiger partial charge in [-0.3, -0.25) is 4.90 Å². The first-order valence-corrected chi connectivity index (χ1v) is 8.71. The summed E-state index contributed by atoms with van der Waals surface area (Å²) in [5.41, 5.74) is 0.298. The Labute approximate surface area is 137 Å². The van der Waals surface area contributed by atoms with Crippen molar-refractivity contribution < 1.29 is 0 Å². The van der Waals surface area contributed by atoms with E-state index in [-0.39, 0.29) is 0 Å². The Morgan fingerprint density at radius 1 is 1.18 bits per heavy atom. The zero-order chi connectivity index (χ0) is 15.4. The van der Waals surface area contributed by atoms with Crippen molar-refractivity contribution in [2.75, 3.05) is 18.4 Å². The van der Waals surface area contributed by atoms with Crippen LogP contribution in [0.5, 0.6) is 0 Å². The van der Waals surface area contributed by atoms with E-state index in [1.807, 2.05) is 12.1 Å². The number of anilines is 1. The highest BCUT2D eigenvalue weighted by Crippen LogP contribution is 2.26. The summed E-state index contributed by atoms with van der Waals surface area (Å²) in [6, 6.07) is 6.83. The summed E-state index contributed by atoms with van der Waals surface area (Å²) in [4.78, 5) is 6.95. The normalized spacial score (nSPS) is 23.9. The summed E-state index contributed by atoms with van der Waals surface area (Å²) in [5.74, 6) is 0.761. The van der Waals surface area contributed by atoms with E-state index < -0.39 is 0 Å². The molecule has 0 bridgehead atoms. The summed E-state index contributed by atoms with van der Waals surface area (Å²) in [5, 5.41) is 12.9. The number of hydrogen-bond donors (Lipinski definition) is 1. The molecule has 1 aromatic rings. The van der Waals surface area contributed by atoms with Crippen molar-refractivity contribution in [2.24, 2.45) is 0 Å². The van der Waals surface area contributed by atoms with Gasteiger partial charge in [0.2, 0.25) is 0 Å². The molecule has 1 aromatic heterocycles. The summed E-state index contributed by atoms with van der Waals surface area (Å²) in [7, 11) is 0. The number of hydrogen-bond acceptors (Lipinski definition) is 4. The molecule has 2 aliphatic rings. The van der Waals surface area contributed by atoms with Crippen LogP contribution in [0.25, 0.3) is 0 Å². The molecule has 22 heavy (non-hydrogen) atoms. The number of nitrogens with zero attached hydrogens (tertiary/aromatic N) is 3. The lowest BCUT2D eigenvalue weighted by Crippen LogP contribution is -2.47. The molecule has 1 saturated heterocycles. The minimum Gasteiger partial charge on any atom is -0.366 e. The van der Waals surface area contributed by atoms with Crippen LogP contribution in [0, 0.1) is 11.3 Å². The lowest BCUT2D eigenvalue weighted by molar-refractivity contribution is 0.124. The molecule has 2 fully saturated rings. The lowest BCUT2D eigenvalue weighted by Gasteiger charge is -2.40. The number of halogens is 1. The molecule has 118 valence electrons. The number of likely N-dealkylation sites (tertiary alicyclic amines) is 1. The third kappa shape index (κ3) is 3.71. The summed E-state index contributed by atoms with van der Waals surface area (Å²) in [6.45, 7) is 2.30. The number of aromatic nitrogens is 1. The fraction of sp³-hybridized carbons (Fsp3) is 0.647. The van der Waals surface area contributed by atoms with Crippen LogP contribution in [0.3, 0.4) is 0 Å². The highest BCUT2D eigenvalue weighted by atomic mass is 35.5. The molecule has 1 aliphatic carbocycles. The molecule has 1 atom stereocenters. The van der Waals surface area contributed by atoms with E-state index >= 15 is 0 Å². The maximum atomic E-state index is 9.03. The van der Waals surface area contributed by atoms with Gasteiger partial charge in [0.1, 0.15) is 11.9 Å². The Balaban J connectivity index is 1.61. The molecule has 0 aromatic carbocycles. The average Bonchev–Trinajstić information content (AvgIpc) is 2.58. The van der Waals surface area contributed by atoms with Crippen LogP contribution < -0.4 is 5.32 Å². The van der Waals surface area contributed by atoms with Crippen molar-refractivity contribution in [1.29, 1.82) is 5.26 Å². The van der Waals surface area contributed by atoms with Gasteiger partial charge in [-0.25, -0.2) is 4.98 Å². The molecule has 1 saturated carbocycles. The van der Waals surface area contributed by atoms with Gasteiger partial charge < -0.3 is 5.32 Å². The molecule has 1 unspecified atom stereocenters. The van der Waals surface area contributed by atoms with Gasteiger partial charge in [-0.2, -0.15) is 5.26 Å². The maximum Gasteiger partial charge on any atom is 0.161 e. The second-order valence-electron chi connectivity index (χ2n) is 6.41. The van der Waals surface area contributed by atoms with Crippen molar-refractivity contribution in [3.05, 3.63) is 22.8 Å². The van der Waals surface area contributed by atoms with E-state index in [1.165, 1.54) is 45.1 Å². The van der Waals surface area contributed by atoms with E-state index in [9.17, 15) is 0 Å². The van der Waals surface area contributed by atoms with Gasteiger partial charge in [-0.15, -0.1) is 0 Å². The Morgan fingerprint density at radius 2 is 2.00 bits per heavy atom. The first kappa shape index (κ1) is 15.6. The zero-order valence-corrected chi connectivity index (χ0v) is 13.6. The second-order valence-corrected chi connectivity index (χ2v) is 6.82. The van der Waals surface area contributed by atoms with Gasteiger partial charge in [0.05, 0.1) is 5.02 Å². The van der Waals surface area contributed by atoms with Crippen molar-refractivity contribution in [3.8, 4) is 6.07 Å². The van der Waals surface area contributed by atoms with Crippen LogP contribution in [0.1, 0.15) is 50.6 Å². The monoisotopic (exact) mass is 318 g/mol. The van der Waals surface area contributed by atoms with Crippen molar-refractivity contribution in [1.82, 2.24) is 9.88 Å². The topological polar surface area (TPSA) is 52.0 Å². The van der Waals surface area contributed by atoms with Crippen molar-refractivity contribution >= 4 is 17.4 Å². The van der Waals surface area contributed by atoms with Crippen LogP contribution in [0.15, 0.2) is 12.1 Å². The van der Waals surface area contributed by atoms with E-state index in [2.05, 4.69) is 15.2 Å². The van der Waals surface area contributed by atoms with Crippen molar-refractivity contribution in [2.45, 2.75) is 57.0 Å². The third-order valence-electron chi connectivity index (χ3n) is 4.85. The maximum absolute atomic E-state index is 9.03. The smallest absolute Gasteiger partial charge is 0.161 e. The molecule has 1 aliphatic heterocycles. The van der Waals surface area contributed by atoms with E-state index in [1.54, 1.807) is 6.07 Å². The van der Waals surface area contributed by atoms with Gasteiger partial charge in [0.25, 0.3) is 0 Å². The van der Waals surface area contributed by atoms with Crippen LogP contribution >= 0.6 is 11.6 Å². The lowest BCUT2D eigenvalue weighted by atomic mass is 9.92. The number of rotatable bonds is 3. The molecule has 4 nitrogen and oxygen atoms in total. The predicted molar refractivity (Wildman–Crippen MR) is 89.1 cm³/mol. The predicted octanol–water partition coefficient (Wildman–Crippen LogP) is 3.82. The van der Waals surface area contributed by atoms with Crippen molar-refractivity contribution in [3.63, 3.8) is 0 Å². The Bertz CT molecular complexity index is 548. The quantitative estimate of drug-likeness (QED) is 0.920. The summed E-state index contributed by atoms with van der Waals surface area (Å²) >= 11 is 5.94. The van der Waals surface area contributed by atoms with Crippen LogP contribution in [0.4, 0.5) is 5.82 Å². The number of nitrogens with one attached hydrogen (secondary N) is 1. The highest BCUT2D eigenvalue weighted by Gasteiger charge is 2.27. The van der Waals surface area contributed by atoms with Crippen LogP contribution in [0.2, 0.25) is 5.02 Å². The summed E-state index contributed by atoms with van der Waals surface area (Å²) < 4.78 is 0. The second kappa shape index (κ2) is 7.30. The van der Waals surface area contributed by atoms with Gasteiger partial charge >= 0.3 is 0 Å². The molecule has 0 amide bonds. The zero-order valence-electron chi connectivity index (χ0n) is 12.9. The van der Waals surface area contributed by atoms with E-state index in [0.717, 1.165) is 24.8 Å². The number of nitriles is 1. The minimum absolute atomic E-state index is 0.298. The van der Waals surface area contributed by atoms with E-state index in [0.29, 0.717) is 16.8 Å². The molecular formula is C17H23ClN4. The standard InChI is InChI=1S/C17H23ClN4/c18-15-8-9-17(21-16(15)11-19)20-13-5-4-10-22(12-13)14-6-2-1-3-7-14/h8-9,13-14H,1-7,10,12H2,(H,20,21). The van der Waals surface area contributed by atoms with E-state index in [4.69, 9.17) is 16.9 Å². The molecule has 3 rings (SSSR count). The fourth-order valence-corrected chi connectivity index (χ4v) is 3.86. The minimum atomic E-state index is 0.298. The molecular weight excluding hydrogens is 296 g/mol.